The van der Waals surface area contributed by atoms with E-state index in [2.05, 4.69) is 17.1 Å². The minimum Gasteiger partial charge on any atom is -0.494 e. The van der Waals surface area contributed by atoms with Crippen LogP contribution >= 0.6 is 11.8 Å². The van der Waals surface area contributed by atoms with Crippen molar-refractivity contribution in [1.82, 2.24) is 14.7 Å². The predicted molar refractivity (Wildman–Crippen MR) is 170 cm³/mol. The summed E-state index contributed by atoms with van der Waals surface area (Å²) in [4.78, 5) is 51.1. The van der Waals surface area contributed by atoms with Crippen LogP contribution in [0.1, 0.15) is 26.2 Å². The monoisotopic (exact) mass is 624 g/mol. The maximum absolute atomic E-state index is 14.5. The Hall–Kier alpha value is -2.86. The Labute approximate surface area is 264 Å². The molecular formula is C33H44N4O6S. The Morgan fingerprint density at radius 3 is 2.50 bits per heavy atom. The molecule has 5 aliphatic heterocycles. The van der Waals surface area contributed by atoms with Crippen molar-refractivity contribution < 1.29 is 29.0 Å². The lowest BCUT2D eigenvalue weighted by atomic mass is 9.78. The zero-order valence-corrected chi connectivity index (χ0v) is 26.3. The molecule has 0 radical (unpaired) electrons. The zero-order chi connectivity index (χ0) is 30.7. The van der Waals surface area contributed by atoms with E-state index in [1.54, 1.807) is 21.6 Å². The molecule has 1 aromatic rings. The van der Waals surface area contributed by atoms with Crippen molar-refractivity contribution in [3.05, 3.63) is 48.6 Å². The average Bonchev–Trinajstić information content (AvgIpc) is 3.35. The second kappa shape index (κ2) is 13.6. The van der Waals surface area contributed by atoms with Crippen LogP contribution in [0.5, 0.6) is 5.75 Å². The summed E-state index contributed by atoms with van der Waals surface area (Å²) in [6.45, 7) is 8.37. The fourth-order valence-electron chi connectivity index (χ4n) is 7.40. The van der Waals surface area contributed by atoms with Crippen molar-refractivity contribution in [1.29, 1.82) is 0 Å². The molecule has 5 atom stereocenters. The van der Waals surface area contributed by atoms with E-state index >= 15 is 0 Å². The topological polar surface area (TPSA) is 103 Å². The number of unbranched alkanes of at least 4 members (excludes halogenated alkanes) is 2. The number of ether oxygens (including phenoxy) is 2. The molecule has 3 amide bonds. The van der Waals surface area contributed by atoms with Gasteiger partial charge in [0.15, 0.2) is 0 Å². The van der Waals surface area contributed by atoms with Gasteiger partial charge in [0.25, 0.3) is 0 Å². The number of rotatable bonds is 11. The second-order valence-corrected chi connectivity index (χ2v) is 13.6. The summed E-state index contributed by atoms with van der Waals surface area (Å²) in [7, 11) is 0. The number of thioether (sulfide) groups is 1. The molecule has 1 unspecified atom stereocenters. The summed E-state index contributed by atoms with van der Waals surface area (Å²) in [6, 6.07) is 6.85. The first-order valence-corrected chi connectivity index (χ1v) is 16.9. The molecule has 6 rings (SSSR count). The smallest absolute Gasteiger partial charge is 0.247 e. The highest BCUT2D eigenvalue weighted by atomic mass is 32.2. The molecular weight excluding hydrogens is 580 g/mol. The van der Waals surface area contributed by atoms with Gasteiger partial charge in [0.2, 0.25) is 17.7 Å². The van der Waals surface area contributed by atoms with Crippen LogP contribution in [0, 0.1) is 11.8 Å². The molecule has 0 bridgehead atoms. The van der Waals surface area contributed by atoms with Gasteiger partial charge in [-0.3, -0.25) is 19.3 Å². The van der Waals surface area contributed by atoms with E-state index in [0.717, 1.165) is 37.5 Å². The fraction of sp³-hybridized carbons (Fsp3) is 0.606. The molecule has 5 aliphatic rings. The summed E-state index contributed by atoms with van der Waals surface area (Å²) in [6.07, 6.45) is 10.3. The number of benzene rings is 1. The summed E-state index contributed by atoms with van der Waals surface area (Å²) < 4.78 is 10.3. The van der Waals surface area contributed by atoms with Crippen molar-refractivity contribution in [3.8, 4) is 5.75 Å². The number of fused-ring (bicyclic) bond motifs is 2. The molecule has 5 heterocycles. The highest BCUT2D eigenvalue weighted by molar-refractivity contribution is 8.02. The number of hydrogen-bond donors (Lipinski definition) is 1. The van der Waals surface area contributed by atoms with Gasteiger partial charge in [-0.2, -0.15) is 0 Å². The van der Waals surface area contributed by atoms with E-state index in [1.807, 2.05) is 48.2 Å². The van der Waals surface area contributed by atoms with Gasteiger partial charge >= 0.3 is 0 Å². The lowest BCUT2D eigenvalue weighted by molar-refractivity contribution is -0.142. The van der Waals surface area contributed by atoms with Gasteiger partial charge in [-0.25, -0.2) is 0 Å². The van der Waals surface area contributed by atoms with Crippen LogP contribution in [0.2, 0.25) is 0 Å². The molecule has 3 saturated heterocycles. The number of likely N-dealkylation sites (tertiary alicyclic amines) is 1. The zero-order valence-electron chi connectivity index (χ0n) is 25.5. The number of morpholine rings is 1. The first kappa shape index (κ1) is 31.1. The van der Waals surface area contributed by atoms with Gasteiger partial charge in [0, 0.05) is 63.4 Å². The van der Waals surface area contributed by atoms with Crippen LogP contribution < -0.4 is 9.64 Å². The van der Waals surface area contributed by atoms with Gasteiger partial charge < -0.3 is 29.3 Å². The number of anilines is 1. The molecule has 0 aliphatic carbocycles. The van der Waals surface area contributed by atoms with Gasteiger partial charge in [0.1, 0.15) is 11.8 Å². The maximum Gasteiger partial charge on any atom is 0.247 e. The first-order valence-electron chi connectivity index (χ1n) is 16.0. The van der Waals surface area contributed by atoms with E-state index in [9.17, 15) is 19.5 Å². The number of aliphatic hydroxyl groups is 1. The largest absolute Gasteiger partial charge is 0.494 e. The van der Waals surface area contributed by atoms with Crippen LogP contribution in [0.15, 0.2) is 48.6 Å². The van der Waals surface area contributed by atoms with Crippen LogP contribution in [0.4, 0.5) is 5.69 Å². The highest BCUT2D eigenvalue weighted by Gasteiger charge is 2.70. The molecule has 0 aromatic heterocycles. The third-order valence-electron chi connectivity index (χ3n) is 9.55. The van der Waals surface area contributed by atoms with Crippen LogP contribution in [-0.4, -0.2) is 126 Å². The van der Waals surface area contributed by atoms with E-state index in [4.69, 9.17) is 9.47 Å². The summed E-state index contributed by atoms with van der Waals surface area (Å²) in [5.74, 6) is -0.706. The molecule has 11 heteroatoms. The lowest BCUT2D eigenvalue weighted by Gasteiger charge is -2.36. The minimum absolute atomic E-state index is 0.0370. The molecule has 1 N–H and O–H groups in total. The van der Waals surface area contributed by atoms with Crippen molar-refractivity contribution in [2.24, 2.45) is 11.8 Å². The maximum atomic E-state index is 14.5. The van der Waals surface area contributed by atoms with Crippen LogP contribution in [-0.2, 0) is 19.1 Å². The van der Waals surface area contributed by atoms with Gasteiger partial charge in [-0.05, 0) is 50.5 Å². The van der Waals surface area contributed by atoms with Crippen LogP contribution in [0.3, 0.4) is 0 Å². The third kappa shape index (κ3) is 5.79. The number of carbonyl (C=O) groups is 3. The Morgan fingerprint density at radius 1 is 0.955 bits per heavy atom. The van der Waals surface area contributed by atoms with E-state index in [1.165, 1.54) is 0 Å². The average molecular weight is 625 g/mol. The number of carbonyl (C=O) groups excluding carboxylic acids is 3. The number of amides is 3. The third-order valence-corrected chi connectivity index (χ3v) is 11.3. The minimum atomic E-state index is -0.823. The van der Waals surface area contributed by atoms with Crippen molar-refractivity contribution in [2.75, 3.05) is 77.1 Å². The van der Waals surface area contributed by atoms with E-state index < -0.39 is 22.6 Å². The van der Waals surface area contributed by atoms with E-state index in [0.29, 0.717) is 58.8 Å². The Morgan fingerprint density at radius 2 is 1.75 bits per heavy atom. The SMILES string of the molecule is CCOc1ccc(N2CC=C[C@@H]3S[C@]45C=CCN(CCN6CCOCC6)C(=O)C4N(CCCCCO)C(=O)[C@@H]5[C@@H]3C2=O)cc1. The number of nitrogens with zero attached hydrogens (tertiary/aromatic N) is 4. The molecule has 44 heavy (non-hydrogen) atoms. The Kier molecular flexibility index (Phi) is 9.65. The second-order valence-electron chi connectivity index (χ2n) is 12.1. The summed E-state index contributed by atoms with van der Waals surface area (Å²) in [5.41, 5.74) is 0.763. The molecule has 238 valence electrons. The van der Waals surface area contributed by atoms with Gasteiger partial charge in [-0.1, -0.05) is 24.3 Å². The predicted octanol–water partition coefficient (Wildman–Crippen LogP) is 2.18. The quantitative estimate of drug-likeness (QED) is 0.295. The first-order chi connectivity index (χ1) is 21.5. The lowest BCUT2D eigenvalue weighted by Crippen LogP contribution is -2.54. The molecule has 10 nitrogen and oxygen atoms in total. The Bertz CT molecular complexity index is 1270. The normalized spacial score (nSPS) is 30.3. The van der Waals surface area contributed by atoms with Gasteiger partial charge in [0.05, 0.1) is 36.4 Å². The van der Waals surface area contributed by atoms with Crippen molar-refractivity contribution in [3.63, 3.8) is 0 Å². The summed E-state index contributed by atoms with van der Waals surface area (Å²) in [5, 5.41) is 9.13. The van der Waals surface area contributed by atoms with Gasteiger partial charge in [-0.15, -0.1) is 11.8 Å². The summed E-state index contributed by atoms with van der Waals surface area (Å²) >= 11 is 1.62. The van der Waals surface area contributed by atoms with E-state index in [-0.39, 0.29) is 29.6 Å². The number of hydrogen-bond acceptors (Lipinski definition) is 8. The molecule has 3 fully saturated rings. The number of aliphatic hydroxyl groups excluding tert-OH is 1. The molecule has 1 aromatic carbocycles. The molecule has 0 saturated carbocycles. The standard InChI is InChI=1S/C33H44N4O6S/c1-2-43-25-11-9-24(10-12-25)36-16-6-8-26-27(30(36)39)28-31(40)37(15-4-3-5-21-38)29-32(41)35(14-7-13-33(28,29)44-26)18-17-34-19-22-42-23-20-34/h6-13,26-29,38H,2-5,14-23H2,1H3/t26-,27+,28-,29?,33-/m0/s1. The van der Waals surface area contributed by atoms with Crippen LogP contribution in [0.25, 0.3) is 0 Å². The Balaban J connectivity index is 1.30. The highest BCUT2D eigenvalue weighted by Crippen LogP contribution is 2.61. The van der Waals surface area contributed by atoms with Crippen molar-refractivity contribution in [2.45, 2.75) is 42.2 Å². The van der Waals surface area contributed by atoms with Crippen molar-refractivity contribution >= 4 is 35.2 Å². The fourth-order valence-corrected chi connectivity index (χ4v) is 9.41. The molecule has 1 spiro atoms.